The number of anilines is 1. The summed E-state index contributed by atoms with van der Waals surface area (Å²) in [7, 11) is 1.69. The van der Waals surface area contributed by atoms with E-state index in [1.165, 1.54) is 21.7 Å². The molecule has 2 N–H and O–H groups in total. The van der Waals surface area contributed by atoms with Crippen molar-refractivity contribution in [2.75, 3.05) is 51.3 Å². The lowest BCUT2D eigenvalue weighted by molar-refractivity contribution is -0.892. The van der Waals surface area contributed by atoms with Crippen molar-refractivity contribution in [2.45, 2.75) is 13.3 Å². The number of nitrogens with zero attached hydrogens (tertiary/aromatic N) is 1. The molecule has 0 radical (unpaired) electrons. The second-order valence-corrected chi connectivity index (χ2v) is 7.14. The largest absolute Gasteiger partial charge is 0.497 e. The summed E-state index contributed by atoms with van der Waals surface area (Å²) < 4.78 is 5.31. The van der Waals surface area contributed by atoms with Gasteiger partial charge in [-0.25, -0.2) is 0 Å². The first-order valence-corrected chi connectivity index (χ1v) is 9.69. The molecule has 5 nitrogen and oxygen atoms in total. The molecule has 144 valence electrons. The van der Waals surface area contributed by atoms with E-state index in [4.69, 9.17) is 4.74 Å². The summed E-state index contributed by atoms with van der Waals surface area (Å²) in [4.78, 5) is 16.0. The normalized spacial score (nSPS) is 14.8. The first-order valence-electron chi connectivity index (χ1n) is 9.69. The average Bonchev–Trinajstić information content (AvgIpc) is 2.70. The third kappa shape index (κ3) is 5.47. The molecular formula is C22H30N3O2+. The molecule has 0 saturated carbocycles. The zero-order valence-corrected chi connectivity index (χ0v) is 16.3. The van der Waals surface area contributed by atoms with Gasteiger partial charge in [0.05, 0.1) is 33.3 Å². The van der Waals surface area contributed by atoms with Crippen molar-refractivity contribution >= 4 is 11.6 Å². The van der Waals surface area contributed by atoms with Crippen LogP contribution in [0.3, 0.4) is 0 Å². The number of aryl methyl sites for hydroxylation is 1. The molecule has 0 aromatic heterocycles. The van der Waals surface area contributed by atoms with Crippen LogP contribution in [0.4, 0.5) is 5.69 Å². The van der Waals surface area contributed by atoms with E-state index >= 15 is 0 Å². The van der Waals surface area contributed by atoms with E-state index in [0.717, 1.165) is 38.3 Å². The Hall–Kier alpha value is -2.53. The number of carbonyl (C=O) groups is 1. The molecular weight excluding hydrogens is 338 g/mol. The van der Waals surface area contributed by atoms with Crippen LogP contribution in [0, 0.1) is 6.92 Å². The Morgan fingerprint density at radius 1 is 1.15 bits per heavy atom. The summed E-state index contributed by atoms with van der Waals surface area (Å²) in [5, 5.41) is 3.07. The summed E-state index contributed by atoms with van der Waals surface area (Å²) in [5.41, 5.74) is 3.78. The Morgan fingerprint density at radius 2 is 1.93 bits per heavy atom. The lowest BCUT2D eigenvalue weighted by Crippen LogP contribution is -3.16. The molecule has 1 aliphatic rings. The number of rotatable bonds is 7. The highest BCUT2D eigenvalue weighted by atomic mass is 16.5. The number of methoxy groups -OCH3 is 1. The van der Waals surface area contributed by atoms with E-state index in [1.807, 2.05) is 18.2 Å². The van der Waals surface area contributed by atoms with Crippen LogP contribution in [0.2, 0.25) is 0 Å². The smallest absolute Gasteiger partial charge is 0.275 e. The number of ether oxygens (including phenoxy) is 1. The van der Waals surface area contributed by atoms with Crippen molar-refractivity contribution in [3.05, 3.63) is 59.7 Å². The molecule has 0 bridgehead atoms. The number of quaternary nitrogens is 1. The maximum atomic E-state index is 12.3. The molecule has 1 heterocycles. The topological polar surface area (TPSA) is 46.0 Å². The van der Waals surface area contributed by atoms with Crippen molar-refractivity contribution in [1.82, 2.24) is 5.32 Å². The fourth-order valence-electron chi connectivity index (χ4n) is 3.58. The lowest BCUT2D eigenvalue weighted by atomic mass is 10.1. The van der Waals surface area contributed by atoms with E-state index in [1.54, 1.807) is 7.11 Å². The van der Waals surface area contributed by atoms with Crippen LogP contribution in [0.25, 0.3) is 0 Å². The predicted molar refractivity (Wildman–Crippen MR) is 109 cm³/mol. The van der Waals surface area contributed by atoms with Crippen molar-refractivity contribution < 1.29 is 14.4 Å². The molecule has 2 aromatic rings. The standard InChI is InChI=1S/C22H29N3O2/c1-18-6-3-4-7-19(18)10-11-23-22(26)17-24-12-14-25(15-13-24)20-8-5-9-21(16-20)27-2/h3-9,16H,10-15,17H2,1-2H3,(H,23,26)/p+1. The Kier molecular flexibility index (Phi) is 6.71. The number of benzene rings is 2. The van der Waals surface area contributed by atoms with Gasteiger partial charge in [-0.1, -0.05) is 30.3 Å². The number of nitrogens with one attached hydrogen (secondary N) is 2. The Labute approximate surface area is 161 Å². The summed E-state index contributed by atoms with van der Waals surface area (Å²) in [5.74, 6) is 1.03. The summed E-state index contributed by atoms with van der Waals surface area (Å²) in [6.45, 7) is 7.23. The first kappa shape index (κ1) is 19.2. The summed E-state index contributed by atoms with van der Waals surface area (Å²) in [6.07, 6.45) is 0.886. The highest BCUT2D eigenvalue weighted by Gasteiger charge is 2.22. The molecule has 1 fully saturated rings. The Bertz CT molecular complexity index is 755. The molecule has 1 amide bonds. The average molecular weight is 369 g/mol. The molecule has 5 heteroatoms. The third-order valence-electron chi connectivity index (χ3n) is 5.28. The SMILES string of the molecule is COc1cccc(N2CC[NH+](CC(=O)NCCc3ccccc3C)CC2)c1. The van der Waals surface area contributed by atoms with Crippen molar-refractivity contribution in [3.8, 4) is 5.75 Å². The predicted octanol–water partition coefficient (Wildman–Crippen LogP) is 1.07. The quantitative estimate of drug-likeness (QED) is 0.769. The van der Waals surface area contributed by atoms with Gasteiger partial charge in [0.25, 0.3) is 5.91 Å². The fourth-order valence-corrected chi connectivity index (χ4v) is 3.58. The minimum atomic E-state index is 0.147. The molecule has 0 atom stereocenters. The monoisotopic (exact) mass is 368 g/mol. The zero-order valence-electron chi connectivity index (χ0n) is 16.3. The van der Waals surface area contributed by atoms with Crippen LogP contribution in [-0.4, -0.2) is 52.3 Å². The minimum absolute atomic E-state index is 0.147. The van der Waals surface area contributed by atoms with Gasteiger partial charge in [0.2, 0.25) is 0 Å². The van der Waals surface area contributed by atoms with Gasteiger partial charge in [-0.3, -0.25) is 4.79 Å². The van der Waals surface area contributed by atoms with Gasteiger partial charge in [0.1, 0.15) is 5.75 Å². The fraction of sp³-hybridized carbons (Fsp3) is 0.409. The lowest BCUT2D eigenvalue weighted by Gasteiger charge is -2.33. The molecule has 0 spiro atoms. The molecule has 27 heavy (non-hydrogen) atoms. The number of carbonyl (C=O) groups excluding carboxylic acids is 1. The molecule has 3 rings (SSSR count). The maximum absolute atomic E-state index is 12.3. The van der Waals surface area contributed by atoms with Crippen molar-refractivity contribution in [2.24, 2.45) is 0 Å². The second kappa shape index (κ2) is 9.42. The highest BCUT2D eigenvalue weighted by Crippen LogP contribution is 2.20. The maximum Gasteiger partial charge on any atom is 0.275 e. The van der Waals surface area contributed by atoms with Gasteiger partial charge in [-0.2, -0.15) is 0 Å². The summed E-state index contributed by atoms with van der Waals surface area (Å²) in [6, 6.07) is 16.5. The molecule has 1 saturated heterocycles. The van der Waals surface area contributed by atoms with Crippen LogP contribution in [0.5, 0.6) is 5.75 Å². The van der Waals surface area contributed by atoms with Gasteiger partial charge < -0.3 is 19.9 Å². The van der Waals surface area contributed by atoms with E-state index < -0.39 is 0 Å². The van der Waals surface area contributed by atoms with Gasteiger partial charge in [0, 0.05) is 18.3 Å². The highest BCUT2D eigenvalue weighted by molar-refractivity contribution is 5.76. The molecule has 2 aromatic carbocycles. The number of hydrogen-bond donors (Lipinski definition) is 2. The van der Waals surface area contributed by atoms with Crippen molar-refractivity contribution in [3.63, 3.8) is 0 Å². The van der Waals surface area contributed by atoms with E-state index in [0.29, 0.717) is 13.1 Å². The van der Waals surface area contributed by atoms with Crippen LogP contribution in [-0.2, 0) is 11.2 Å². The van der Waals surface area contributed by atoms with Crippen LogP contribution in [0.1, 0.15) is 11.1 Å². The molecule has 0 unspecified atom stereocenters. The van der Waals surface area contributed by atoms with Crippen LogP contribution in [0.15, 0.2) is 48.5 Å². The van der Waals surface area contributed by atoms with Crippen molar-refractivity contribution in [1.29, 1.82) is 0 Å². The van der Waals surface area contributed by atoms with Gasteiger partial charge >= 0.3 is 0 Å². The van der Waals surface area contributed by atoms with Gasteiger partial charge in [-0.05, 0) is 36.6 Å². The summed E-state index contributed by atoms with van der Waals surface area (Å²) >= 11 is 0. The van der Waals surface area contributed by atoms with Crippen LogP contribution >= 0.6 is 0 Å². The first-order chi connectivity index (χ1) is 13.2. The van der Waals surface area contributed by atoms with Gasteiger partial charge in [-0.15, -0.1) is 0 Å². The van der Waals surface area contributed by atoms with Crippen LogP contribution < -0.4 is 19.9 Å². The van der Waals surface area contributed by atoms with E-state index in [9.17, 15) is 4.79 Å². The molecule has 1 aliphatic heterocycles. The zero-order chi connectivity index (χ0) is 19.1. The second-order valence-electron chi connectivity index (χ2n) is 7.14. The Balaban J connectivity index is 1.39. The van der Waals surface area contributed by atoms with E-state index in [-0.39, 0.29) is 5.91 Å². The number of piperazine rings is 1. The van der Waals surface area contributed by atoms with Gasteiger partial charge in [0.15, 0.2) is 6.54 Å². The van der Waals surface area contributed by atoms with E-state index in [2.05, 4.69) is 47.5 Å². The third-order valence-corrected chi connectivity index (χ3v) is 5.28. The Morgan fingerprint density at radius 3 is 2.67 bits per heavy atom. The number of hydrogen-bond acceptors (Lipinski definition) is 3. The minimum Gasteiger partial charge on any atom is -0.497 e. The number of amides is 1. The molecule has 0 aliphatic carbocycles.